The van der Waals surface area contributed by atoms with Gasteiger partial charge < -0.3 is 4.57 Å². The first kappa shape index (κ1) is 21.2. The lowest BCUT2D eigenvalue weighted by Gasteiger charge is -2.21. The summed E-state index contributed by atoms with van der Waals surface area (Å²) < 4.78 is 30.2. The molecule has 1 amide bonds. The van der Waals surface area contributed by atoms with Gasteiger partial charge >= 0.3 is 0 Å². The van der Waals surface area contributed by atoms with Crippen LogP contribution in [0.3, 0.4) is 0 Å². The zero-order valence-electron chi connectivity index (χ0n) is 16.9. The standard InChI is InChI=1S/C21H22ClN3O3S2/c1-13-6-9-15(10-7-13)30(27,28)25-12-4-5-17(25)20(26)23-21-24(3)18-14(2)8-11-16(22)19(18)29-21/h6-11,17H,4-5,12H2,1-3H3. The molecule has 0 spiro atoms. The molecule has 0 N–H and O–H groups in total. The Balaban J connectivity index is 1.72. The maximum Gasteiger partial charge on any atom is 0.266 e. The Morgan fingerprint density at radius 3 is 2.53 bits per heavy atom. The number of fused-ring (bicyclic) bond motifs is 1. The van der Waals surface area contributed by atoms with Crippen molar-refractivity contribution >= 4 is 49.1 Å². The zero-order valence-corrected chi connectivity index (χ0v) is 19.3. The summed E-state index contributed by atoms with van der Waals surface area (Å²) in [6.45, 7) is 4.19. The molecule has 9 heteroatoms. The van der Waals surface area contributed by atoms with E-state index in [1.165, 1.54) is 15.6 Å². The van der Waals surface area contributed by atoms with Gasteiger partial charge in [0.2, 0.25) is 10.0 Å². The van der Waals surface area contributed by atoms with Crippen molar-refractivity contribution in [3.63, 3.8) is 0 Å². The van der Waals surface area contributed by atoms with Crippen molar-refractivity contribution in [2.45, 2.75) is 37.6 Å². The summed E-state index contributed by atoms with van der Waals surface area (Å²) in [6.07, 6.45) is 1.09. The summed E-state index contributed by atoms with van der Waals surface area (Å²) in [5.41, 5.74) is 2.94. The van der Waals surface area contributed by atoms with Gasteiger partial charge in [-0.3, -0.25) is 4.79 Å². The van der Waals surface area contributed by atoms with Gasteiger partial charge in [0.25, 0.3) is 5.91 Å². The number of amides is 1. The van der Waals surface area contributed by atoms with Crippen LogP contribution >= 0.6 is 22.9 Å². The molecule has 30 heavy (non-hydrogen) atoms. The summed E-state index contributed by atoms with van der Waals surface area (Å²) in [5.74, 6) is -0.445. The molecule has 2 aromatic carbocycles. The summed E-state index contributed by atoms with van der Waals surface area (Å²) in [6, 6.07) is 9.64. The number of sulfonamides is 1. The van der Waals surface area contributed by atoms with E-state index >= 15 is 0 Å². The second-order valence-corrected chi connectivity index (χ2v) is 10.8. The van der Waals surface area contributed by atoms with Crippen LogP contribution < -0.4 is 4.80 Å². The number of carbonyl (C=O) groups excluding carboxylic acids is 1. The van der Waals surface area contributed by atoms with Crippen LogP contribution in [0, 0.1) is 13.8 Å². The molecule has 1 aliphatic heterocycles. The molecule has 3 aromatic rings. The fourth-order valence-corrected chi connectivity index (χ4v) is 6.83. The van der Waals surface area contributed by atoms with Crippen molar-refractivity contribution < 1.29 is 13.2 Å². The first-order valence-electron chi connectivity index (χ1n) is 9.62. The van der Waals surface area contributed by atoms with E-state index < -0.39 is 22.0 Å². The molecular formula is C21H22ClN3O3S2. The molecule has 4 rings (SSSR count). The minimum atomic E-state index is -3.76. The third-order valence-corrected chi connectivity index (χ3v) is 8.94. The van der Waals surface area contributed by atoms with E-state index in [1.807, 2.05) is 37.6 Å². The smallest absolute Gasteiger partial charge is 0.266 e. The van der Waals surface area contributed by atoms with Crippen LogP contribution in [0.5, 0.6) is 0 Å². The lowest BCUT2D eigenvalue weighted by Crippen LogP contribution is -2.40. The Morgan fingerprint density at radius 2 is 1.87 bits per heavy atom. The molecular weight excluding hydrogens is 442 g/mol. The highest BCUT2D eigenvalue weighted by molar-refractivity contribution is 7.89. The second kappa shape index (κ2) is 7.92. The van der Waals surface area contributed by atoms with Gasteiger partial charge in [0.05, 0.1) is 20.1 Å². The average molecular weight is 464 g/mol. The predicted octanol–water partition coefficient (Wildman–Crippen LogP) is 3.79. The number of hydrogen-bond acceptors (Lipinski definition) is 4. The monoisotopic (exact) mass is 463 g/mol. The lowest BCUT2D eigenvalue weighted by atomic mass is 10.2. The van der Waals surface area contributed by atoms with Crippen LogP contribution in [0.1, 0.15) is 24.0 Å². The number of rotatable bonds is 3. The van der Waals surface area contributed by atoms with Gasteiger partial charge in [0.15, 0.2) is 4.80 Å². The molecule has 1 unspecified atom stereocenters. The number of aryl methyl sites for hydroxylation is 3. The quantitative estimate of drug-likeness (QED) is 0.593. The van der Waals surface area contributed by atoms with E-state index in [9.17, 15) is 13.2 Å². The summed E-state index contributed by atoms with van der Waals surface area (Å²) in [5, 5.41) is 0.606. The SMILES string of the molecule is Cc1ccc(S(=O)(=O)N2CCCC2C(=O)N=c2sc3c(Cl)ccc(C)c3n2C)cc1. The van der Waals surface area contributed by atoms with Crippen LogP contribution in [0.15, 0.2) is 46.3 Å². The van der Waals surface area contributed by atoms with Crippen molar-refractivity contribution in [1.82, 2.24) is 8.87 Å². The van der Waals surface area contributed by atoms with Crippen molar-refractivity contribution in [1.29, 1.82) is 0 Å². The Kier molecular flexibility index (Phi) is 5.61. The van der Waals surface area contributed by atoms with Crippen LogP contribution in [-0.2, 0) is 21.9 Å². The minimum absolute atomic E-state index is 0.197. The zero-order chi connectivity index (χ0) is 21.6. The van der Waals surface area contributed by atoms with Crippen LogP contribution in [0.4, 0.5) is 0 Å². The third-order valence-electron chi connectivity index (χ3n) is 5.42. The molecule has 1 saturated heterocycles. The topological polar surface area (TPSA) is 71.7 Å². The summed E-state index contributed by atoms with van der Waals surface area (Å²) in [7, 11) is -1.93. The van der Waals surface area contributed by atoms with E-state index in [2.05, 4.69) is 4.99 Å². The largest absolute Gasteiger partial charge is 0.319 e. The summed E-state index contributed by atoms with van der Waals surface area (Å²) >= 11 is 7.66. The third kappa shape index (κ3) is 3.62. The number of nitrogens with zero attached hydrogens (tertiary/aromatic N) is 3. The number of benzene rings is 2. The van der Waals surface area contributed by atoms with Gasteiger partial charge in [0.1, 0.15) is 6.04 Å². The highest BCUT2D eigenvalue weighted by Crippen LogP contribution is 2.29. The summed E-state index contributed by atoms with van der Waals surface area (Å²) in [4.78, 5) is 18.1. The van der Waals surface area contributed by atoms with E-state index in [4.69, 9.17) is 11.6 Å². The number of thiazole rings is 1. The fourth-order valence-electron chi connectivity index (χ4n) is 3.80. The van der Waals surface area contributed by atoms with Gasteiger partial charge in [-0.05, 0) is 50.5 Å². The van der Waals surface area contributed by atoms with E-state index in [0.29, 0.717) is 29.2 Å². The van der Waals surface area contributed by atoms with E-state index in [-0.39, 0.29) is 4.90 Å². The highest BCUT2D eigenvalue weighted by atomic mass is 35.5. The number of halogens is 1. The molecule has 0 aliphatic carbocycles. The van der Waals surface area contributed by atoms with Gasteiger partial charge in [-0.1, -0.05) is 46.7 Å². The molecule has 2 heterocycles. The van der Waals surface area contributed by atoms with Crippen LogP contribution in [0.25, 0.3) is 10.2 Å². The van der Waals surface area contributed by atoms with Crippen molar-refractivity contribution in [2.75, 3.05) is 6.54 Å². The normalized spacial score (nSPS) is 18.4. The van der Waals surface area contributed by atoms with Crippen molar-refractivity contribution in [3.05, 3.63) is 57.3 Å². The van der Waals surface area contributed by atoms with Gasteiger partial charge in [-0.2, -0.15) is 9.30 Å². The van der Waals surface area contributed by atoms with E-state index in [0.717, 1.165) is 21.3 Å². The van der Waals surface area contributed by atoms with Gasteiger partial charge in [-0.25, -0.2) is 8.42 Å². The fraction of sp³-hybridized carbons (Fsp3) is 0.333. The molecule has 1 atom stereocenters. The Bertz CT molecular complexity index is 1310. The Hall–Kier alpha value is -2.00. The molecule has 1 aliphatic rings. The number of carbonyl (C=O) groups is 1. The van der Waals surface area contributed by atoms with Crippen LogP contribution in [0.2, 0.25) is 5.02 Å². The lowest BCUT2D eigenvalue weighted by molar-refractivity contribution is -0.121. The van der Waals surface area contributed by atoms with E-state index in [1.54, 1.807) is 24.3 Å². The minimum Gasteiger partial charge on any atom is -0.319 e. The molecule has 1 fully saturated rings. The average Bonchev–Trinajstić information content (AvgIpc) is 3.32. The highest BCUT2D eigenvalue weighted by Gasteiger charge is 2.39. The van der Waals surface area contributed by atoms with Crippen molar-refractivity contribution in [3.8, 4) is 0 Å². The maximum absolute atomic E-state index is 13.1. The second-order valence-electron chi connectivity index (χ2n) is 7.52. The molecule has 6 nitrogen and oxygen atoms in total. The molecule has 1 aromatic heterocycles. The first-order valence-corrected chi connectivity index (χ1v) is 12.3. The molecule has 0 radical (unpaired) electrons. The maximum atomic E-state index is 13.1. The molecule has 0 bridgehead atoms. The van der Waals surface area contributed by atoms with Crippen molar-refractivity contribution in [2.24, 2.45) is 12.0 Å². The Labute approximate surface area is 184 Å². The van der Waals surface area contributed by atoms with Gasteiger partial charge in [-0.15, -0.1) is 0 Å². The molecule has 0 saturated carbocycles. The molecule has 158 valence electrons. The number of hydrogen-bond donors (Lipinski definition) is 0. The Morgan fingerprint density at radius 1 is 1.17 bits per heavy atom. The predicted molar refractivity (Wildman–Crippen MR) is 119 cm³/mol. The first-order chi connectivity index (χ1) is 14.2. The van der Waals surface area contributed by atoms with Crippen LogP contribution in [-0.4, -0.2) is 35.8 Å². The van der Waals surface area contributed by atoms with Gasteiger partial charge in [0, 0.05) is 13.6 Å². The number of aromatic nitrogens is 1.